The number of hydrogen-bond acceptors (Lipinski definition) is 4. The SMILES string of the molecule is NS(=O)(=O)c1ccc(C(=O)Nc2ccc(-c3ccccc3)nc2)cc1. The number of aromatic nitrogens is 1. The third-order valence-electron chi connectivity index (χ3n) is 3.54. The van der Waals surface area contributed by atoms with E-state index < -0.39 is 10.0 Å². The van der Waals surface area contributed by atoms with Crippen molar-refractivity contribution in [3.8, 4) is 11.3 Å². The Kier molecular flexibility index (Phi) is 4.60. The molecule has 0 fully saturated rings. The molecule has 25 heavy (non-hydrogen) atoms. The van der Waals surface area contributed by atoms with Crippen LogP contribution in [0, 0.1) is 0 Å². The fourth-order valence-corrected chi connectivity index (χ4v) is 2.76. The molecule has 3 N–H and O–H groups in total. The van der Waals surface area contributed by atoms with Crippen LogP contribution in [0.25, 0.3) is 11.3 Å². The van der Waals surface area contributed by atoms with Crippen molar-refractivity contribution in [2.75, 3.05) is 5.32 Å². The molecule has 0 bridgehead atoms. The van der Waals surface area contributed by atoms with E-state index in [1.54, 1.807) is 12.3 Å². The van der Waals surface area contributed by atoms with Gasteiger partial charge in [0.2, 0.25) is 10.0 Å². The number of anilines is 1. The summed E-state index contributed by atoms with van der Waals surface area (Å²) in [6.07, 6.45) is 1.57. The minimum absolute atomic E-state index is 0.0436. The molecule has 0 saturated carbocycles. The van der Waals surface area contributed by atoms with Gasteiger partial charge >= 0.3 is 0 Å². The number of carbonyl (C=O) groups is 1. The summed E-state index contributed by atoms with van der Waals surface area (Å²) in [6.45, 7) is 0. The van der Waals surface area contributed by atoms with Crippen LogP contribution in [-0.2, 0) is 10.0 Å². The number of nitrogens with zero attached hydrogens (tertiary/aromatic N) is 1. The molecule has 3 rings (SSSR count). The Morgan fingerprint density at radius 2 is 1.60 bits per heavy atom. The molecular weight excluding hydrogens is 338 g/mol. The zero-order valence-electron chi connectivity index (χ0n) is 13.1. The number of rotatable bonds is 4. The van der Waals surface area contributed by atoms with Crippen molar-refractivity contribution >= 4 is 21.6 Å². The van der Waals surface area contributed by atoms with Crippen molar-refractivity contribution < 1.29 is 13.2 Å². The van der Waals surface area contributed by atoms with Crippen LogP contribution in [-0.4, -0.2) is 19.3 Å². The minimum atomic E-state index is -3.78. The van der Waals surface area contributed by atoms with Gasteiger partial charge in [-0.05, 0) is 36.4 Å². The molecule has 6 nitrogen and oxygen atoms in total. The highest BCUT2D eigenvalue weighted by molar-refractivity contribution is 7.89. The van der Waals surface area contributed by atoms with Crippen molar-refractivity contribution in [3.05, 3.63) is 78.5 Å². The fourth-order valence-electron chi connectivity index (χ4n) is 2.25. The Labute approximate surface area is 145 Å². The number of sulfonamides is 1. The summed E-state index contributed by atoms with van der Waals surface area (Å²) in [4.78, 5) is 16.5. The molecule has 0 atom stereocenters. The Hall–Kier alpha value is -3.03. The molecule has 0 radical (unpaired) electrons. The van der Waals surface area contributed by atoms with Crippen molar-refractivity contribution in [2.45, 2.75) is 4.90 Å². The Bertz CT molecular complexity index is 984. The van der Waals surface area contributed by atoms with E-state index in [1.807, 2.05) is 36.4 Å². The van der Waals surface area contributed by atoms with Gasteiger partial charge < -0.3 is 5.32 Å². The van der Waals surface area contributed by atoms with E-state index in [2.05, 4.69) is 10.3 Å². The van der Waals surface area contributed by atoms with Gasteiger partial charge in [-0.1, -0.05) is 30.3 Å². The number of benzene rings is 2. The monoisotopic (exact) mass is 353 g/mol. The van der Waals surface area contributed by atoms with Gasteiger partial charge in [-0.2, -0.15) is 0 Å². The van der Waals surface area contributed by atoms with Crippen LogP contribution in [0.4, 0.5) is 5.69 Å². The second-order valence-corrected chi connectivity index (χ2v) is 6.88. The molecule has 2 aromatic carbocycles. The molecule has 0 aliphatic carbocycles. The predicted octanol–water partition coefficient (Wildman–Crippen LogP) is 2.65. The topological polar surface area (TPSA) is 102 Å². The van der Waals surface area contributed by atoms with Crippen molar-refractivity contribution in [1.29, 1.82) is 0 Å². The first kappa shape index (κ1) is 16.8. The van der Waals surface area contributed by atoms with Crippen LogP contribution in [0.5, 0.6) is 0 Å². The molecule has 126 valence electrons. The molecule has 1 heterocycles. The van der Waals surface area contributed by atoms with E-state index in [0.29, 0.717) is 11.3 Å². The number of hydrogen-bond donors (Lipinski definition) is 2. The molecule has 1 aromatic heterocycles. The van der Waals surface area contributed by atoms with E-state index >= 15 is 0 Å². The average Bonchev–Trinajstić information content (AvgIpc) is 2.62. The van der Waals surface area contributed by atoms with Gasteiger partial charge in [-0.15, -0.1) is 0 Å². The third kappa shape index (κ3) is 4.09. The summed E-state index contributed by atoms with van der Waals surface area (Å²) in [5.74, 6) is -0.366. The standard InChI is InChI=1S/C18H15N3O3S/c19-25(23,24)16-9-6-14(7-10-16)18(22)21-15-8-11-17(20-12-15)13-4-2-1-3-5-13/h1-12H,(H,21,22)(H2,19,23,24). The quantitative estimate of drug-likeness (QED) is 0.752. The first-order valence-electron chi connectivity index (χ1n) is 7.39. The molecule has 0 unspecified atom stereocenters. The predicted molar refractivity (Wildman–Crippen MR) is 95.4 cm³/mol. The maximum atomic E-state index is 12.2. The summed E-state index contributed by atoms with van der Waals surface area (Å²) in [7, 11) is -3.78. The largest absolute Gasteiger partial charge is 0.321 e. The lowest BCUT2D eigenvalue weighted by Gasteiger charge is -2.07. The summed E-state index contributed by atoms with van der Waals surface area (Å²) in [5, 5.41) is 7.74. The van der Waals surface area contributed by atoms with E-state index in [1.165, 1.54) is 24.3 Å². The summed E-state index contributed by atoms with van der Waals surface area (Å²) in [5.41, 5.74) is 2.65. The number of amides is 1. The summed E-state index contributed by atoms with van der Waals surface area (Å²) in [6, 6.07) is 18.7. The average molecular weight is 353 g/mol. The van der Waals surface area contributed by atoms with E-state index in [0.717, 1.165) is 11.3 Å². The van der Waals surface area contributed by atoms with Crippen LogP contribution in [0.1, 0.15) is 10.4 Å². The first-order chi connectivity index (χ1) is 11.9. The fraction of sp³-hybridized carbons (Fsp3) is 0. The van der Waals surface area contributed by atoms with E-state index in [9.17, 15) is 13.2 Å². The zero-order valence-corrected chi connectivity index (χ0v) is 13.9. The smallest absolute Gasteiger partial charge is 0.255 e. The Morgan fingerprint density at radius 3 is 2.16 bits per heavy atom. The van der Waals surface area contributed by atoms with Crippen LogP contribution in [0.15, 0.2) is 77.8 Å². The number of primary sulfonamides is 1. The van der Waals surface area contributed by atoms with Crippen LogP contribution >= 0.6 is 0 Å². The van der Waals surface area contributed by atoms with Gasteiger partial charge in [0.05, 0.1) is 22.5 Å². The molecule has 3 aromatic rings. The lowest BCUT2D eigenvalue weighted by atomic mass is 10.1. The molecular formula is C18H15N3O3S. The first-order valence-corrected chi connectivity index (χ1v) is 8.94. The van der Waals surface area contributed by atoms with Gasteiger partial charge in [0.1, 0.15) is 0 Å². The lowest BCUT2D eigenvalue weighted by Crippen LogP contribution is -2.14. The van der Waals surface area contributed by atoms with Crippen molar-refractivity contribution in [1.82, 2.24) is 4.98 Å². The molecule has 0 saturated heterocycles. The maximum Gasteiger partial charge on any atom is 0.255 e. The third-order valence-corrected chi connectivity index (χ3v) is 4.47. The summed E-state index contributed by atoms with van der Waals surface area (Å²) < 4.78 is 22.4. The Balaban J connectivity index is 1.73. The highest BCUT2D eigenvalue weighted by atomic mass is 32.2. The van der Waals surface area contributed by atoms with Crippen LogP contribution < -0.4 is 10.5 Å². The Morgan fingerprint density at radius 1 is 0.920 bits per heavy atom. The lowest BCUT2D eigenvalue weighted by molar-refractivity contribution is 0.102. The van der Waals surface area contributed by atoms with Crippen LogP contribution in [0.3, 0.4) is 0 Å². The van der Waals surface area contributed by atoms with Crippen molar-refractivity contribution in [3.63, 3.8) is 0 Å². The molecule has 0 spiro atoms. The van der Waals surface area contributed by atoms with Gasteiger partial charge in [0.15, 0.2) is 0 Å². The van der Waals surface area contributed by atoms with E-state index in [-0.39, 0.29) is 10.8 Å². The second kappa shape index (κ2) is 6.84. The molecule has 0 aliphatic rings. The highest BCUT2D eigenvalue weighted by Gasteiger charge is 2.10. The number of nitrogens with one attached hydrogen (secondary N) is 1. The number of nitrogens with two attached hydrogens (primary N) is 1. The van der Waals surface area contributed by atoms with Gasteiger partial charge in [0.25, 0.3) is 5.91 Å². The second-order valence-electron chi connectivity index (χ2n) is 5.32. The molecule has 1 amide bonds. The van der Waals surface area contributed by atoms with Gasteiger partial charge in [0, 0.05) is 11.1 Å². The normalized spacial score (nSPS) is 11.1. The maximum absolute atomic E-state index is 12.2. The number of carbonyl (C=O) groups excluding carboxylic acids is 1. The van der Waals surface area contributed by atoms with Gasteiger partial charge in [-0.3, -0.25) is 9.78 Å². The van der Waals surface area contributed by atoms with Crippen LogP contribution in [0.2, 0.25) is 0 Å². The van der Waals surface area contributed by atoms with E-state index in [4.69, 9.17) is 5.14 Å². The van der Waals surface area contributed by atoms with Gasteiger partial charge in [-0.25, -0.2) is 13.6 Å². The summed E-state index contributed by atoms with van der Waals surface area (Å²) >= 11 is 0. The molecule has 7 heteroatoms. The minimum Gasteiger partial charge on any atom is -0.321 e. The highest BCUT2D eigenvalue weighted by Crippen LogP contribution is 2.18. The zero-order chi connectivity index (χ0) is 17.9. The number of pyridine rings is 1. The molecule has 0 aliphatic heterocycles. The van der Waals surface area contributed by atoms with Crippen molar-refractivity contribution in [2.24, 2.45) is 5.14 Å².